The van der Waals surface area contributed by atoms with E-state index in [0.29, 0.717) is 10.6 Å². The van der Waals surface area contributed by atoms with Gasteiger partial charge in [-0.25, -0.2) is 0 Å². The summed E-state index contributed by atoms with van der Waals surface area (Å²) in [5, 5.41) is 14.5. The first-order valence-electron chi connectivity index (χ1n) is 5.03. The van der Waals surface area contributed by atoms with Gasteiger partial charge in [0.05, 0.1) is 16.1 Å². The number of hydrogen-bond acceptors (Lipinski definition) is 3. The Morgan fingerprint density at radius 1 is 1.56 bits per heavy atom. The van der Waals surface area contributed by atoms with E-state index in [1.807, 2.05) is 0 Å². The zero-order valence-electron chi connectivity index (χ0n) is 9.87. The molecule has 0 aromatic heterocycles. The third kappa shape index (κ3) is 3.36. The summed E-state index contributed by atoms with van der Waals surface area (Å²) < 4.78 is 0.778. The highest BCUT2D eigenvalue weighted by Gasteiger charge is 2.27. The predicted octanol–water partition coefficient (Wildman–Crippen LogP) is 2.36. The molecule has 0 aliphatic rings. The average Bonchev–Trinajstić information content (AvgIpc) is 2.26. The molecule has 0 heterocycles. The summed E-state index contributed by atoms with van der Waals surface area (Å²) in [6, 6.07) is 4.91. The number of amidine groups is 1. The summed E-state index contributed by atoms with van der Waals surface area (Å²) in [6.45, 7) is 3.24. The van der Waals surface area contributed by atoms with E-state index in [1.165, 1.54) is 0 Å². The van der Waals surface area contributed by atoms with Crippen LogP contribution in [0.5, 0.6) is 0 Å². The number of amides is 1. The molecule has 4 N–H and O–H groups in total. The molecule has 0 radical (unpaired) electrons. The number of oxime groups is 1. The van der Waals surface area contributed by atoms with E-state index in [9.17, 15) is 4.79 Å². The van der Waals surface area contributed by atoms with Crippen molar-refractivity contribution in [3.05, 3.63) is 33.3 Å². The third-order valence-electron chi connectivity index (χ3n) is 2.35. The first-order chi connectivity index (χ1) is 8.27. The highest BCUT2D eigenvalue weighted by Crippen LogP contribution is 2.21. The predicted molar refractivity (Wildman–Crippen MR) is 74.1 cm³/mol. The number of carbonyl (C=O) groups is 1. The quantitative estimate of drug-likeness (QED) is 0.343. The van der Waals surface area contributed by atoms with Crippen molar-refractivity contribution in [2.75, 3.05) is 0 Å². The molecule has 0 saturated heterocycles. The Morgan fingerprint density at radius 3 is 2.67 bits per heavy atom. The van der Waals surface area contributed by atoms with Gasteiger partial charge in [-0.3, -0.25) is 4.79 Å². The summed E-state index contributed by atoms with van der Waals surface area (Å²) in [5.74, 6) is -0.492. The van der Waals surface area contributed by atoms with E-state index < -0.39 is 11.4 Å². The van der Waals surface area contributed by atoms with Crippen LogP contribution < -0.4 is 11.1 Å². The number of nitrogens with zero attached hydrogens (tertiary/aromatic N) is 1. The Labute approximate surface area is 118 Å². The summed E-state index contributed by atoms with van der Waals surface area (Å²) in [5.41, 5.74) is 4.83. The van der Waals surface area contributed by atoms with E-state index in [2.05, 4.69) is 26.4 Å². The highest BCUT2D eigenvalue weighted by atomic mass is 79.9. The van der Waals surface area contributed by atoms with Crippen LogP contribution in [0.15, 0.2) is 27.8 Å². The minimum Gasteiger partial charge on any atom is -0.409 e. The highest BCUT2D eigenvalue weighted by molar-refractivity contribution is 9.10. The van der Waals surface area contributed by atoms with Crippen LogP contribution >= 0.6 is 27.5 Å². The second-order valence-electron chi connectivity index (χ2n) is 4.19. The average molecular weight is 335 g/mol. The van der Waals surface area contributed by atoms with E-state index in [4.69, 9.17) is 22.5 Å². The van der Waals surface area contributed by atoms with Crippen LogP contribution in [-0.4, -0.2) is 22.5 Å². The van der Waals surface area contributed by atoms with Crippen LogP contribution in [0.3, 0.4) is 0 Å². The van der Waals surface area contributed by atoms with Gasteiger partial charge < -0.3 is 16.3 Å². The molecule has 18 heavy (non-hydrogen) atoms. The number of nitrogens with two attached hydrogens (primary N) is 1. The normalized spacial score (nSPS) is 12.3. The van der Waals surface area contributed by atoms with Gasteiger partial charge >= 0.3 is 0 Å². The lowest BCUT2D eigenvalue weighted by atomic mass is 10.0. The topological polar surface area (TPSA) is 87.7 Å². The van der Waals surface area contributed by atoms with Crippen LogP contribution in [-0.2, 0) is 0 Å². The Morgan fingerprint density at radius 2 is 2.17 bits per heavy atom. The lowest BCUT2D eigenvalue weighted by Gasteiger charge is -2.24. The van der Waals surface area contributed by atoms with Crippen molar-refractivity contribution in [2.24, 2.45) is 10.9 Å². The summed E-state index contributed by atoms with van der Waals surface area (Å²) in [4.78, 5) is 12.0. The van der Waals surface area contributed by atoms with Crippen molar-refractivity contribution < 1.29 is 10.0 Å². The zero-order valence-corrected chi connectivity index (χ0v) is 12.2. The zero-order chi connectivity index (χ0) is 13.9. The molecule has 98 valence electrons. The van der Waals surface area contributed by atoms with E-state index >= 15 is 0 Å². The van der Waals surface area contributed by atoms with Crippen LogP contribution in [0.2, 0.25) is 5.02 Å². The van der Waals surface area contributed by atoms with Crippen molar-refractivity contribution in [3.63, 3.8) is 0 Å². The third-order valence-corrected chi connectivity index (χ3v) is 3.16. The SMILES string of the molecule is CC(C)(NC(=O)c1ccc(Br)cc1Cl)/C(N)=N/O. The van der Waals surface area contributed by atoms with Crippen LogP contribution in [0, 0.1) is 0 Å². The molecule has 0 aliphatic carbocycles. The molecular weight excluding hydrogens is 321 g/mol. The van der Waals surface area contributed by atoms with Crippen molar-refractivity contribution in [1.29, 1.82) is 0 Å². The number of rotatable bonds is 3. The molecule has 0 fully saturated rings. The molecule has 0 atom stereocenters. The molecule has 7 heteroatoms. The van der Waals surface area contributed by atoms with Gasteiger partial charge in [-0.05, 0) is 32.0 Å². The lowest BCUT2D eigenvalue weighted by Crippen LogP contribution is -2.53. The molecular formula is C11H13BrClN3O2. The minimum atomic E-state index is -0.970. The van der Waals surface area contributed by atoms with Gasteiger partial charge in [-0.15, -0.1) is 0 Å². The molecule has 5 nitrogen and oxygen atoms in total. The number of benzene rings is 1. The first-order valence-corrected chi connectivity index (χ1v) is 6.20. The van der Waals surface area contributed by atoms with Crippen LogP contribution in [0.4, 0.5) is 0 Å². The van der Waals surface area contributed by atoms with Crippen LogP contribution in [0.1, 0.15) is 24.2 Å². The maximum atomic E-state index is 12.0. The minimum absolute atomic E-state index is 0.0934. The number of nitrogens with one attached hydrogen (secondary N) is 1. The molecule has 1 rings (SSSR count). The Hall–Kier alpha value is -1.27. The fraction of sp³-hybridized carbons (Fsp3) is 0.273. The standard InChI is InChI=1S/C11H13BrClN3O2/c1-11(2,10(14)16-18)15-9(17)7-4-3-6(12)5-8(7)13/h3-5,18H,1-2H3,(H2,14,16)(H,15,17). The fourth-order valence-electron chi connectivity index (χ4n) is 1.21. The summed E-state index contributed by atoms with van der Waals surface area (Å²) >= 11 is 9.22. The van der Waals surface area contributed by atoms with Crippen molar-refractivity contribution in [3.8, 4) is 0 Å². The van der Waals surface area contributed by atoms with Crippen molar-refractivity contribution in [1.82, 2.24) is 5.32 Å². The Bertz CT molecular complexity index is 503. The van der Waals surface area contributed by atoms with Gasteiger partial charge in [0.25, 0.3) is 5.91 Å². The Balaban J connectivity index is 2.96. The molecule has 0 saturated carbocycles. The maximum absolute atomic E-state index is 12.0. The molecule has 1 aromatic rings. The first kappa shape index (κ1) is 14.8. The number of carbonyl (C=O) groups excluding carboxylic acids is 1. The molecule has 0 aliphatic heterocycles. The largest absolute Gasteiger partial charge is 0.409 e. The summed E-state index contributed by atoms with van der Waals surface area (Å²) in [6.07, 6.45) is 0. The molecule has 0 unspecified atom stereocenters. The van der Waals surface area contributed by atoms with E-state index in [1.54, 1.807) is 32.0 Å². The van der Waals surface area contributed by atoms with E-state index in [-0.39, 0.29) is 5.84 Å². The maximum Gasteiger partial charge on any atom is 0.253 e. The van der Waals surface area contributed by atoms with E-state index in [0.717, 1.165) is 4.47 Å². The van der Waals surface area contributed by atoms with Crippen molar-refractivity contribution in [2.45, 2.75) is 19.4 Å². The van der Waals surface area contributed by atoms with Gasteiger partial charge in [0.2, 0.25) is 0 Å². The molecule has 1 aromatic carbocycles. The van der Waals surface area contributed by atoms with Crippen molar-refractivity contribution >= 4 is 39.3 Å². The second-order valence-corrected chi connectivity index (χ2v) is 5.51. The second kappa shape index (κ2) is 5.58. The Kier molecular flexibility index (Phi) is 4.59. The smallest absolute Gasteiger partial charge is 0.253 e. The molecule has 1 amide bonds. The number of halogens is 2. The monoisotopic (exact) mass is 333 g/mol. The van der Waals surface area contributed by atoms with Gasteiger partial charge in [0.1, 0.15) is 0 Å². The number of hydrogen-bond donors (Lipinski definition) is 3. The van der Waals surface area contributed by atoms with Gasteiger partial charge in [-0.1, -0.05) is 32.7 Å². The van der Waals surface area contributed by atoms with Crippen LogP contribution in [0.25, 0.3) is 0 Å². The summed E-state index contributed by atoms with van der Waals surface area (Å²) in [7, 11) is 0. The van der Waals surface area contributed by atoms with Gasteiger partial charge in [0, 0.05) is 4.47 Å². The van der Waals surface area contributed by atoms with Gasteiger partial charge in [-0.2, -0.15) is 0 Å². The fourth-order valence-corrected chi connectivity index (χ4v) is 1.97. The van der Waals surface area contributed by atoms with Gasteiger partial charge in [0.15, 0.2) is 5.84 Å². The molecule has 0 bridgehead atoms. The molecule has 0 spiro atoms. The lowest BCUT2D eigenvalue weighted by molar-refractivity contribution is 0.0931.